The Morgan fingerprint density at radius 3 is 2.40 bits per heavy atom. The van der Waals surface area contributed by atoms with Gasteiger partial charge in [-0.15, -0.1) is 0 Å². The van der Waals surface area contributed by atoms with Crippen molar-refractivity contribution in [1.82, 2.24) is 0 Å². The van der Waals surface area contributed by atoms with Crippen molar-refractivity contribution in [1.29, 1.82) is 0 Å². The van der Waals surface area contributed by atoms with Crippen LogP contribution in [0.4, 0.5) is 0 Å². The van der Waals surface area contributed by atoms with Crippen molar-refractivity contribution in [2.45, 2.75) is 71.3 Å². The van der Waals surface area contributed by atoms with Crippen molar-refractivity contribution in [3.63, 3.8) is 0 Å². The van der Waals surface area contributed by atoms with Crippen molar-refractivity contribution in [2.24, 2.45) is 5.92 Å². The first kappa shape index (κ1) is 23.7. The molecule has 0 bridgehead atoms. The lowest BCUT2D eigenvalue weighted by molar-refractivity contribution is -0.144. The van der Waals surface area contributed by atoms with Gasteiger partial charge in [0.15, 0.2) is 0 Å². The summed E-state index contributed by atoms with van der Waals surface area (Å²) >= 11 is 0. The van der Waals surface area contributed by atoms with Crippen molar-refractivity contribution >= 4 is 23.3 Å². The van der Waals surface area contributed by atoms with Crippen LogP contribution in [0.25, 0.3) is 0 Å². The van der Waals surface area contributed by atoms with E-state index in [1.807, 2.05) is 0 Å². The molecule has 2 N–H and O–H groups in total. The number of fused-ring (bicyclic) bond motifs is 1. The number of phenolic OH excluding ortho intramolecular Hbond substituents is 1. The van der Waals surface area contributed by atoms with Crippen LogP contribution >= 0.6 is 0 Å². The number of phenols is 1. The summed E-state index contributed by atoms with van der Waals surface area (Å²) in [6.07, 6.45) is 2.04. The maximum atomic E-state index is 12.9. The Kier molecular flexibility index (Phi) is 8.72. The third-order valence-corrected chi connectivity index (χ3v) is 5.70. The molecule has 0 radical (unpaired) electrons. The highest BCUT2D eigenvalue weighted by Gasteiger charge is 2.28. The summed E-state index contributed by atoms with van der Waals surface area (Å²) in [4.78, 5) is 49.1. The smallest absolute Gasteiger partial charge is 0.342 e. The normalized spacial score (nSPS) is 21.7. The summed E-state index contributed by atoms with van der Waals surface area (Å²) in [5.41, 5.74) is 1.50. The molecular weight excluding hydrogens is 388 g/mol. The number of aromatic hydroxyl groups is 1. The van der Waals surface area contributed by atoms with Crippen molar-refractivity contribution in [2.75, 3.05) is 6.61 Å². The van der Waals surface area contributed by atoms with Gasteiger partial charge in [0.25, 0.3) is 5.78 Å². The van der Waals surface area contributed by atoms with Gasteiger partial charge in [-0.2, -0.15) is 0 Å². The first-order chi connectivity index (χ1) is 14.3. The molecule has 0 spiro atoms. The van der Waals surface area contributed by atoms with Crippen LogP contribution in [0.3, 0.4) is 0 Å². The highest BCUT2D eigenvalue weighted by molar-refractivity contribution is 6.63. The van der Waals surface area contributed by atoms with Gasteiger partial charge in [0.05, 0.1) is 0 Å². The number of aryl methyl sites for hydroxylation is 1. The number of rotatable bonds is 4. The molecule has 1 heterocycles. The van der Waals surface area contributed by atoms with E-state index in [0.717, 1.165) is 5.56 Å². The lowest BCUT2D eigenvalue weighted by atomic mass is 9.90. The van der Waals surface area contributed by atoms with Gasteiger partial charge in [-0.05, 0) is 68.6 Å². The molecule has 2 atom stereocenters. The quantitative estimate of drug-likeness (QED) is 0.438. The molecule has 1 aromatic rings. The molecule has 0 saturated heterocycles. The maximum absolute atomic E-state index is 12.9. The summed E-state index contributed by atoms with van der Waals surface area (Å²) in [7, 11) is 0. The van der Waals surface area contributed by atoms with Crippen LogP contribution in [-0.4, -0.2) is 46.2 Å². The monoisotopic (exact) mass is 418 g/mol. The van der Waals surface area contributed by atoms with Gasteiger partial charge < -0.3 is 14.9 Å². The minimum Gasteiger partial charge on any atom is -0.507 e. The van der Waals surface area contributed by atoms with Gasteiger partial charge in [-0.3, -0.25) is 14.4 Å². The first-order valence-electron chi connectivity index (χ1n) is 10.5. The van der Waals surface area contributed by atoms with E-state index in [2.05, 4.69) is 0 Å². The van der Waals surface area contributed by atoms with E-state index in [0.29, 0.717) is 31.2 Å². The minimum absolute atomic E-state index is 0.0579. The number of ketones is 3. The fraction of sp³-hybridized carbons (Fsp3) is 0.565. The van der Waals surface area contributed by atoms with E-state index < -0.39 is 29.4 Å². The molecule has 0 amide bonds. The summed E-state index contributed by atoms with van der Waals surface area (Å²) in [5.74, 6) is -3.43. The van der Waals surface area contributed by atoms with Crippen LogP contribution in [0.5, 0.6) is 5.75 Å². The number of esters is 1. The second-order valence-electron chi connectivity index (χ2n) is 7.93. The minimum atomic E-state index is -0.969. The zero-order valence-corrected chi connectivity index (χ0v) is 17.6. The largest absolute Gasteiger partial charge is 0.507 e. The average Bonchev–Trinajstić information content (AvgIpc) is 2.71. The van der Waals surface area contributed by atoms with E-state index in [4.69, 9.17) is 9.84 Å². The predicted octanol–water partition coefficient (Wildman–Crippen LogP) is 2.71. The number of hydrogen-bond acceptors (Lipinski definition) is 7. The Bertz CT molecular complexity index is 812. The lowest BCUT2D eigenvalue weighted by Crippen LogP contribution is -2.27. The van der Waals surface area contributed by atoms with Gasteiger partial charge in [0.2, 0.25) is 11.6 Å². The average molecular weight is 418 g/mol. The molecule has 30 heavy (non-hydrogen) atoms. The number of aliphatic hydroxyl groups excluding tert-OH is 1. The fourth-order valence-corrected chi connectivity index (χ4v) is 3.60. The molecule has 7 heteroatoms. The third kappa shape index (κ3) is 5.98. The molecule has 1 aliphatic heterocycles. The highest BCUT2D eigenvalue weighted by Crippen LogP contribution is 2.30. The van der Waals surface area contributed by atoms with E-state index >= 15 is 0 Å². The number of unbranched alkanes of at least 4 members (excludes halogenated alkanes) is 1. The molecule has 0 saturated carbocycles. The molecule has 1 aliphatic rings. The van der Waals surface area contributed by atoms with Gasteiger partial charge in [-0.1, -0.05) is 13.0 Å². The van der Waals surface area contributed by atoms with E-state index in [1.165, 1.54) is 6.07 Å². The Hall–Kier alpha value is -2.54. The number of carbonyl (C=O) groups excluding carboxylic acids is 4. The van der Waals surface area contributed by atoms with Crippen LogP contribution < -0.4 is 0 Å². The summed E-state index contributed by atoms with van der Waals surface area (Å²) in [6.45, 7) is 3.56. The Morgan fingerprint density at radius 1 is 1.00 bits per heavy atom. The molecule has 0 unspecified atom stereocenters. The molecular formula is C23H30O7. The number of benzene rings is 1. The van der Waals surface area contributed by atoms with Crippen LogP contribution in [0.15, 0.2) is 12.1 Å². The maximum Gasteiger partial charge on any atom is 0.342 e. The Balaban J connectivity index is 2.41. The fourth-order valence-electron chi connectivity index (χ4n) is 3.60. The number of cyclic esters (lactones) is 1. The van der Waals surface area contributed by atoms with Gasteiger partial charge in [0.1, 0.15) is 17.4 Å². The topological polar surface area (TPSA) is 118 Å². The Labute approximate surface area is 176 Å². The molecule has 7 nitrogen and oxygen atoms in total. The lowest BCUT2D eigenvalue weighted by Gasteiger charge is -2.22. The number of Topliss-reactive ketones (excluding diaryl/α,β-unsaturated/α-hetero) is 3. The first-order valence-corrected chi connectivity index (χ1v) is 10.5. The standard InChI is InChI=1S/C23H30O7/c1-14-9-11-20(27)22(28)19(26)8-5-7-17-16(6-3-4-13-24)10-12-18(25)21(17)23(29)30-15(14)2/h10,12,14-15,24-25H,3-9,11,13H2,1-2H3/t14-,15-/m0/s1. The Morgan fingerprint density at radius 2 is 1.70 bits per heavy atom. The zero-order valence-electron chi connectivity index (χ0n) is 17.6. The number of hydrogen-bond donors (Lipinski definition) is 2. The predicted molar refractivity (Wildman–Crippen MR) is 109 cm³/mol. The second kappa shape index (κ2) is 11.0. The van der Waals surface area contributed by atoms with Crippen molar-refractivity contribution in [3.05, 3.63) is 28.8 Å². The van der Waals surface area contributed by atoms with E-state index in [9.17, 15) is 24.3 Å². The van der Waals surface area contributed by atoms with Crippen LogP contribution in [0.1, 0.15) is 73.9 Å². The zero-order chi connectivity index (χ0) is 22.3. The highest BCUT2D eigenvalue weighted by atomic mass is 16.5. The molecule has 0 fully saturated rings. The van der Waals surface area contributed by atoms with Gasteiger partial charge in [0, 0.05) is 19.4 Å². The van der Waals surface area contributed by atoms with Crippen molar-refractivity contribution < 1.29 is 34.1 Å². The second-order valence-corrected chi connectivity index (χ2v) is 7.93. The molecule has 2 rings (SSSR count). The number of ether oxygens (including phenoxy) is 1. The van der Waals surface area contributed by atoms with Crippen LogP contribution in [0.2, 0.25) is 0 Å². The van der Waals surface area contributed by atoms with E-state index in [1.54, 1.807) is 19.9 Å². The summed E-state index contributed by atoms with van der Waals surface area (Å²) in [6, 6.07) is 3.18. The molecule has 164 valence electrons. The molecule has 1 aromatic carbocycles. The molecule has 0 aliphatic carbocycles. The third-order valence-electron chi connectivity index (χ3n) is 5.70. The van der Waals surface area contributed by atoms with E-state index in [-0.39, 0.29) is 49.5 Å². The summed E-state index contributed by atoms with van der Waals surface area (Å²) < 4.78 is 5.58. The van der Waals surface area contributed by atoms with Crippen LogP contribution in [0, 0.1) is 5.92 Å². The SMILES string of the molecule is C[C@@H]1OC(=O)c2c(O)ccc(CCCCO)c2CCCC(=O)C(=O)C(=O)CC[C@@H]1C. The molecule has 0 aromatic heterocycles. The van der Waals surface area contributed by atoms with Gasteiger partial charge in [-0.25, -0.2) is 4.79 Å². The van der Waals surface area contributed by atoms with Gasteiger partial charge >= 0.3 is 5.97 Å². The van der Waals surface area contributed by atoms with Crippen LogP contribution in [-0.2, 0) is 32.0 Å². The number of carbonyl (C=O) groups is 4. The van der Waals surface area contributed by atoms with Crippen molar-refractivity contribution in [3.8, 4) is 5.75 Å². The summed E-state index contributed by atoms with van der Waals surface area (Å²) in [5, 5.41) is 19.4. The number of aliphatic hydroxyl groups is 1.